The minimum absolute atomic E-state index is 0.0878. The van der Waals surface area contributed by atoms with Crippen molar-refractivity contribution >= 4 is 23.4 Å². The Balaban J connectivity index is 2.80. The maximum Gasteiger partial charge on any atom is 0.228 e. The number of nitrogens with zero attached hydrogens (tertiary/aromatic N) is 2. The summed E-state index contributed by atoms with van der Waals surface area (Å²) in [5.41, 5.74) is 0.768. The first-order valence-corrected chi connectivity index (χ1v) is 7.15. The summed E-state index contributed by atoms with van der Waals surface area (Å²) in [4.78, 5) is 0. The van der Waals surface area contributed by atoms with E-state index in [1.54, 1.807) is 16.4 Å². The second-order valence-corrected chi connectivity index (χ2v) is 7.74. The fourth-order valence-corrected chi connectivity index (χ4v) is 2.38. The van der Waals surface area contributed by atoms with Crippen LogP contribution >= 0.6 is 23.4 Å². The van der Waals surface area contributed by atoms with Crippen molar-refractivity contribution in [3.63, 3.8) is 0 Å². The monoisotopic (exact) mass is 276 g/mol. The summed E-state index contributed by atoms with van der Waals surface area (Å²) in [5.74, 6) is 1.24. The zero-order valence-corrected chi connectivity index (χ0v) is 12.7. The van der Waals surface area contributed by atoms with E-state index in [0.717, 1.165) is 11.4 Å². The molecule has 0 aromatic carbocycles. The van der Waals surface area contributed by atoms with Crippen molar-refractivity contribution in [2.45, 2.75) is 51.7 Å². The average molecular weight is 277 g/mol. The summed E-state index contributed by atoms with van der Waals surface area (Å²) >= 11 is 7.85. The molecule has 0 unspecified atom stereocenters. The van der Waals surface area contributed by atoms with Gasteiger partial charge in [-0.2, -0.15) is 5.10 Å². The smallest absolute Gasteiger partial charge is 0.228 e. The molecule has 1 rings (SSSR count). The Morgan fingerprint density at radius 3 is 2.47 bits per heavy atom. The van der Waals surface area contributed by atoms with Gasteiger partial charge in [0.2, 0.25) is 5.88 Å². The van der Waals surface area contributed by atoms with Gasteiger partial charge in [-0.25, -0.2) is 4.68 Å². The molecular formula is C12H21ClN2OS. The summed E-state index contributed by atoms with van der Waals surface area (Å²) in [5, 5.41) is 14.6. The number of aromatic nitrogens is 2. The molecule has 17 heavy (non-hydrogen) atoms. The largest absolute Gasteiger partial charge is 0.492 e. The highest BCUT2D eigenvalue weighted by molar-refractivity contribution is 7.99. The summed E-state index contributed by atoms with van der Waals surface area (Å²) < 4.78 is 1.76. The molecule has 0 bridgehead atoms. The Bertz CT molecular complexity index is 383. The summed E-state index contributed by atoms with van der Waals surface area (Å²) in [6.45, 7) is 11.3. The molecule has 0 saturated heterocycles. The van der Waals surface area contributed by atoms with Gasteiger partial charge in [-0.3, -0.25) is 0 Å². The van der Waals surface area contributed by atoms with Crippen molar-refractivity contribution < 1.29 is 5.11 Å². The summed E-state index contributed by atoms with van der Waals surface area (Å²) in [6, 6.07) is 0. The van der Waals surface area contributed by atoms with E-state index in [9.17, 15) is 5.11 Å². The van der Waals surface area contributed by atoms with Crippen LogP contribution < -0.4 is 0 Å². The molecule has 5 heteroatoms. The van der Waals surface area contributed by atoms with Gasteiger partial charge in [0.1, 0.15) is 5.02 Å². The van der Waals surface area contributed by atoms with E-state index in [4.69, 9.17) is 11.6 Å². The average Bonchev–Trinajstić information content (AvgIpc) is 2.41. The fraction of sp³-hybridized carbons (Fsp3) is 0.750. The lowest BCUT2D eigenvalue weighted by atomic mass is 10.2. The van der Waals surface area contributed by atoms with Gasteiger partial charge in [0, 0.05) is 17.0 Å². The molecule has 1 heterocycles. The number of hydrogen-bond acceptors (Lipinski definition) is 3. The second-order valence-electron chi connectivity index (χ2n) is 5.56. The molecule has 0 saturated carbocycles. The maximum atomic E-state index is 9.86. The van der Waals surface area contributed by atoms with E-state index < -0.39 is 0 Å². The van der Waals surface area contributed by atoms with Gasteiger partial charge in [-0.15, -0.1) is 11.8 Å². The van der Waals surface area contributed by atoms with E-state index in [-0.39, 0.29) is 10.6 Å². The second kappa shape index (κ2) is 5.53. The molecule has 1 aromatic heterocycles. The lowest BCUT2D eigenvalue weighted by Gasteiger charge is -2.16. The Morgan fingerprint density at radius 2 is 2.00 bits per heavy atom. The van der Waals surface area contributed by atoms with Crippen LogP contribution in [0.4, 0.5) is 0 Å². The summed E-state index contributed by atoms with van der Waals surface area (Å²) in [6.07, 6.45) is 0. The van der Waals surface area contributed by atoms with Crippen LogP contribution in [-0.2, 0) is 12.3 Å². The zero-order valence-electron chi connectivity index (χ0n) is 11.1. The maximum absolute atomic E-state index is 9.86. The first-order valence-electron chi connectivity index (χ1n) is 5.79. The molecule has 0 aliphatic heterocycles. The normalized spacial score (nSPS) is 12.4. The molecule has 0 fully saturated rings. The van der Waals surface area contributed by atoms with Gasteiger partial charge in [0.25, 0.3) is 0 Å². The van der Waals surface area contributed by atoms with Crippen molar-refractivity contribution in [1.82, 2.24) is 9.78 Å². The number of rotatable bonds is 4. The lowest BCUT2D eigenvalue weighted by Crippen LogP contribution is -2.08. The highest BCUT2D eigenvalue weighted by Crippen LogP contribution is 2.33. The molecular weight excluding hydrogens is 256 g/mol. The van der Waals surface area contributed by atoms with Crippen molar-refractivity contribution in [3.8, 4) is 5.88 Å². The molecule has 0 atom stereocenters. The minimum atomic E-state index is 0.0878. The molecule has 3 nitrogen and oxygen atoms in total. The van der Waals surface area contributed by atoms with Crippen LogP contribution in [-0.4, -0.2) is 19.6 Å². The van der Waals surface area contributed by atoms with Gasteiger partial charge in [0.05, 0.1) is 5.69 Å². The molecule has 0 amide bonds. The molecule has 0 aliphatic rings. The van der Waals surface area contributed by atoms with Gasteiger partial charge < -0.3 is 5.11 Å². The molecule has 0 spiro atoms. The topological polar surface area (TPSA) is 38.0 Å². The first-order chi connectivity index (χ1) is 7.70. The zero-order chi connectivity index (χ0) is 13.2. The van der Waals surface area contributed by atoms with Crippen LogP contribution in [0.2, 0.25) is 5.02 Å². The predicted octanol–water partition coefficient (Wildman–Crippen LogP) is 3.93. The molecule has 1 N–H and O–H groups in total. The van der Waals surface area contributed by atoms with E-state index in [1.807, 2.05) is 0 Å². The third-order valence-electron chi connectivity index (χ3n) is 2.12. The highest BCUT2D eigenvalue weighted by Gasteiger charge is 2.18. The van der Waals surface area contributed by atoms with Gasteiger partial charge >= 0.3 is 0 Å². The summed E-state index contributed by atoms with van der Waals surface area (Å²) in [7, 11) is 0. The molecule has 98 valence electrons. The van der Waals surface area contributed by atoms with Gasteiger partial charge in [0.15, 0.2) is 0 Å². The SMILES string of the molecule is CC(C)Cn1nc(CSC(C)(C)C)c(Cl)c1O. The molecule has 0 aliphatic carbocycles. The Labute approximate surface area is 113 Å². The predicted molar refractivity (Wildman–Crippen MR) is 74.8 cm³/mol. The number of thioether (sulfide) groups is 1. The quantitative estimate of drug-likeness (QED) is 0.905. The van der Waals surface area contributed by atoms with Crippen molar-refractivity contribution in [2.75, 3.05) is 0 Å². The third kappa shape index (κ3) is 4.43. The Hall–Kier alpha value is -0.350. The fourth-order valence-electron chi connectivity index (χ4n) is 1.33. The lowest BCUT2D eigenvalue weighted by molar-refractivity contribution is 0.372. The first kappa shape index (κ1) is 14.7. The minimum Gasteiger partial charge on any atom is -0.492 e. The standard InChI is InChI=1S/C12H21ClN2OS/c1-8(2)6-15-11(16)10(13)9(14-15)7-17-12(3,4)5/h8,16H,6-7H2,1-5H3. The molecule has 0 radical (unpaired) electrons. The van der Waals surface area contributed by atoms with Gasteiger partial charge in [-0.1, -0.05) is 46.2 Å². The third-order valence-corrected chi connectivity index (χ3v) is 3.79. The number of hydrogen-bond donors (Lipinski definition) is 1. The van der Waals surface area contributed by atoms with Gasteiger partial charge in [-0.05, 0) is 5.92 Å². The number of aromatic hydroxyl groups is 1. The van der Waals surface area contributed by atoms with Crippen LogP contribution in [0.5, 0.6) is 5.88 Å². The van der Waals surface area contributed by atoms with E-state index >= 15 is 0 Å². The van der Waals surface area contributed by atoms with Crippen molar-refractivity contribution in [2.24, 2.45) is 5.92 Å². The van der Waals surface area contributed by atoms with E-state index in [2.05, 4.69) is 39.7 Å². The van der Waals surface area contributed by atoms with E-state index in [1.165, 1.54) is 0 Å². The van der Waals surface area contributed by atoms with Crippen LogP contribution in [0.1, 0.15) is 40.3 Å². The van der Waals surface area contributed by atoms with Crippen molar-refractivity contribution in [1.29, 1.82) is 0 Å². The Kier molecular flexibility index (Phi) is 4.78. The molecule has 1 aromatic rings. The van der Waals surface area contributed by atoms with Crippen LogP contribution in [0.25, 0.3) is 0 Å². The van der Waals surface area contributed by atoms with Crippen molar-refractivity contribution in [3.05, 3.63) is 10.7 Å². The Morgan fingerprint density at radius 1 is 1.41 bits per heavy atom. The van der Waals surface area contributed by atoms with Crippen LogP contribution in [0.3, 0.4) is 0 Å². The van der Waals surface area contributed by atoms with Crippen LogP contribution in [0, 0.1) is 5.92 Å². The van der Waals surface area contributed by atoms with Crippen LogP contribution in [0.15, 0.2) is 0 Å². The van der Waals surface area contributed by atoms with E-state index in [0.29, 0.717) is 17.5 Å². The highest BCUT2D eigenvalue weighted by atomic mass is 35.5. The number of halogens is 1.